The van der Waals surface area contributed by atoms with Gasteiger partial charge in [-0.25, -0.2) is 0 Å². The molecule has 0 saturated carbocycles. The van der Waals surface area contributed by atoms with Gasteiger partial charge in [0.05, 0.1) is 12.6 Å². The Kier molecular flexibility index (Phi) is 2.37. The van der Waals surface area contributed by atoms with E-state index in [0.717, 1.165) is 0 Å². The van der Waals surface area contributed by atoms with E-state index >= 15 is 0 Å². The Morgan fingerprint density at radius 1 is 1.29 bits per heavy atom. The first kappa shape index (κ1) is 9.03. The van der Waals surface area contributed by atoms with Gasteiger partial charge in [-0.15, -0.1) is 6.58 Å². The number of hydrogen-bond donors (Lipinski definition) is 1. The molecule has 2 heteroatoms. The molecule has 0 spiro atoms. The van der Waals surface area contributed by atoms with Crippen molar-refractivity contribution < 1.29 is 5.11 Å². The summed E-state index contributed by atoms with van der Waals surface area (Å²) < 4.78 is 1.98. The van der Waals surface area contributed by atoms with Crippen LogP contribution < -0.4 is 0 Å². The van der Waals surface area contributed by atoms with Crippen LogP contribution in [0, 0.1) is 0 Å². The summed E-state index contributed by atoms with van der Waals surface area (Å²) in [6, 6.07) is 8.11. The van der Waals surface area contributed by atoms with Crippen LogP contribution in [0.5, 0.6) is 0 Å². The first-order chi connectivity index (χ1) is 6.85. The van der Waals surface area contributed by atoms with Crippen LogP contribution in [0.3, 0.4) is 0 Å². The lowest BCUT2D eigenvalue weighted by atomic mass is 10.2. The van der Waals surface area contributed by atoms with E-state index in [1.54, 1.807) is 6.08 Å². The predicted octanol–water partition coefficient (Wildman–Crippen LogP) is 2.36. The Morgan fingerprint density at radius 3 is 2.29 bits per heavy atom. The summed E-state index contributed by atoms with van der Waals surface area (Å²) in [5.41, 5.74) is 0. The monoisotopic (exact) mass is 187 g/mol. The molecule has 2 nitrogen and oxygen atoms in total. The average Bonchev–Trinajstić information content (AvgIpc) is 2.63. The maximum Gasteiger partial charge on any atom is 0.0739 e. The maximum absolute atomic E-state index is 9.11. The van der Waals surface area contributed by atoms with Gasteiger partial charge in [-0.05, 0) is 10.8 Å². The summed E-state index contributed by atoms with van der Waals surface area (Å²) in [6.45, 7) is 3.79. The van der Waals surface area contributed by atoms with Crippen LogP contribution in [0.1, 0.15) is 6.04 Å². The first-order valence-corrected chi connectivity index (χ1v) is 4.65. The van der Waals surface area contributed by atoms with Crippen LogP contribution in [-0.2, 0) is 0 Å². The zero-order valence-corrected chi connectivity index (χ0v) is 7.93. The molecule has 0 fully saturated rings. The molecule has 1 atom stereocenters. The Hall–Kier alpha value is -1.54. The number of benzene rings is 1. The van der Waals surface area contributed by atoms with E-state index in [1.807, 2.05) is 29.1 Å². The fourth-order valence-electron chi connectivity index (χ4n) is 1.59. The van der Waals surface area contributed by atoms with E-state index in [1.165, 1.54) is 10.8 Å². The van der Waals surface area contributed by atoms with E-state index in [0.29, 0.717) is 0 Å². The fourth-order valence-corrected chi connectivity index (χ4v) is 1.59. The topological polar surface area (TPSA) is 25.2 Å². The number of hydrogen-bond acceptors (Lipinski definition) is 1. The van der Waals surface area contributed by atoms with E-state index in [2.05, 4.69) is 18.7 Å². The van der Waals surface area contributed by atoms with Crippen molar-refractivity contribution in [1.82, 2.24) is 4.57 Å². The third-order valence-corrected chi connectivity index (χ3v) is 2.41. The highest BCUT2D eigenvalue weighted by molar-refractivity contribution is 5.82. The lowest BCUT2D eigenvalue weighted by Gasteiger charge is -2.09. The summed E-state index contributed by atoms with van der Waals surface area (Å²) in [7, 11) is 0. The van der Waals surface area contributed by atoms with Gasteiger partial charge in [-0.1, -0.05) is 30.3 Å². The summed E-state index contributed by atoms with van der Waals surface area (Å²) in [6.07, 6.45) is 5.80. The molecule has 0 unspecified atom stereocenters. The van der Waals surface area contributed by atoms with E-state index in [-0.39, 0.29) is 12.6 Å². The molecule has 0 aliphatic rings. The van der Waals surface area contributed by atoms with Crippen molar-refractivity contribution >= 4 is 10.8 Å². The molecule has 1 heterocycles. The summed E-state index contributed by atoms with van der Waals surface area (Å²) >= 11 is 0. The SMILES string of the molecule is C=C[C@@H](CO)n1cc2ccccc2c1. The molecule has 1 aromatic carbocycles. The lowest BCUT2D eigenvalue weighted by molar-refractivity contribution is 0.254. The van der Waals surface area contributed by atoms with Gasteiger partial charge in [0, 0.05) is 12.4 Å². The molecule has 14 heavy (non-hydrogen) atoms. The van der Waals surface area contributed by atoms with E-state index in [9.17, 15) is 0 Å². The van der Waals surface area contributed by atoms with Crippen LogP contribution in [0.15, 0.2) is 49.3 Å². The van der Waals surface area contributed by atoms with E-state index in [4.69, 9.17) is 5.11 Å². The highest BCUT2D eigenvalue weighted by Gasteiger charge is 2.05. The minimum atomic E-state index is -0.0256. The Labute approximate surface area is 83.1 Å². The molecule has 0 radical (unpaired) electrons. The van der Waals surface area contributed by atoms with Crippen LogP contribution in [0.4, 0.5) is 0 Å². The third kappa shape index (κ3) is 1.44. The Morgan fingerprint density at radius 2 is 1.86 bits per heavy atom. The normalized spacial score (nSPS) is 12.9. The Bertz CT molecular complexity index is 411. The molecule has 2 rings (SSSR count). The van der Waals surface area contributed by atoms with Crippen molar-refractivity contribution in [2.24, 2.45) is 0 Å². The second-order valence-corrected chi connectivity index (χ2v) is 3.32. The summed E-state index contributed by atoms with van der Waals surface area (Å²) in [5, 5.41) is 11.5. The average molecular weight is 187 g/mol. The quantitative estimate of drug-likeness (QED) is 0.733. The molecule has 1 N–H and O–H groups in total. The standard InChI is InChI=1S/C12H13NO/c1-2-12(9-14)13-7-10-5-3-4-6-11(10)8-13/h2-8,12,14H,1,9H2/t12-/m0/s1. The summed E-state index contributed by atoms with van der Waals surface area (Å²) in [4.78, 5) is 0. The van der Waals surface area contributed by atoms with Gasteiger partial charge in [0.2, 0.25) is 0 Å². The fraction of sp³-hybridized carbons (Fsp3) is 0.167. The van der Waals surface area contributed by atoms with Crippen molar-refractivity contribution in [1.29, 1.82) is 0 Å². The second-order valence-electron chi connectivity index (χ2n) is 3.32. The third-order valence-electron chi connectivity index (χ3n) is 2.41. The smallest absolute Gasteiger partial charge is 0.0739 e. The maximum atomic E-state index is 9.11. The van der Waals surface area contributed by atoms with Crippen LogP contribution in [0.25, 0.3) is 10.8 Å². The predicted molar refractivity (Wildman–Crippen MR) is 58.3 cm³/mol. The molecular weight excluding hydrogens is 174 g/mol. The number of aromatic nitrogens is 1. The highest BCUT2D eigenvalue weighted by atomic mass is 16.3. The number of aliphatic hydroxyl groups excluding tert-OH is 1. The van der Waals surface area contributed by atoms with Gasteiger partial charge in [0.25, 0.3) is 0 Å². The zero-order valence-electron chi connectivity index (χ0n) is 7.93. The largest absolute Gasteiger partial charge is 0.394 e. The highest BCUT2D eigenvalue weighted by Crippen LogP contribution is 2.18. The van der Waals surface area contributed by atoms with Crippen LogP contribution in [0.2, 0.25) is 0 Å². The lowest BCUT2D eigenvalue weighted by Crippen LogP contribution is -2.07. The minimum absolute atomic E-state index is 0.0256. The van der Waals surface area contributed by atoms with Crippen LogP contribution >= 0.6 is 0 Å². The number of rotatable bonds is 3. The van der Waals surface area contributed by atoms with Gasteiger partial charge in [-0.2, -0.15) is 0 Å². The molecule has 0 bridgehead atoms. The van der Waals surface area contributed by atoms with Crippen molar-refractivity contribution in [2.75, 3.05) is 6.61 Å². The van der Waals surface area contributed by atoms with Gasteiger partial charge in [0.15, 0.2) is 0 Å². The molecule has 2 aromatic rings. The van der Waals surface area contributed by atoms with Gasteiger partial charge < -0.3 is 9.67 Å². The molecule has 0 aliphatic heterocycles. The summed E-state index contributed by atoms with van der Waals surface area (Å²) in [5.74, 6) is 0. The molecule has 1 aromatic heterocycles. The zero-order chi connectivity index (χ0) is 9.97. The van der Waals surface area contributed by atoms with Gasteiger partial charge >= 0.3 is 0 Å². The van der Waals surface area contributed by atoms with Gasteiger partial charge in [0.1, 0.15) is 0 Å². The van der Waals surface area contributed by atoms with Crippen LogP contribution in [-0.4, -0.2) is 16.3 Å². The molecule has 0 amide bonds. The van der Waals surface area contributed by atoms with E-state index < -0.39 is 0 Å². The number of fused-ring (bicyclic) bond motifs is 1. The Balaban J connectivity index is 2.48. The molecule has 0 saturated heterocycles. The van der Waals surface area contributed by atoms with Gasteiger partial charge in [-0.3, -0.25) is 0 Å². The number of aliphatic hydroxyl groups is 1. The minimum Gasteiger partial charge on any atom is -0.394 e. The molecule has 0 aliphatic carbocycles. The van der Waals surface area contributed by atoms with Crippen molar-refractivity contribution in [3.05, 3.63) is 49.3 Å². The second kappa shape index (κ2) is 3.68. The number of nitrogens with zero attached hydrogens (tertiary/aromatic N) is 1. The molecular formula is C12H13NO. The van der Waals surface area contributed by atoms with Crippen molar-refractivity contribution in [3.63, 3.8) is 0 Å². The van der Waals surface area contributed by atoms with Crippen molar-refractivity contribution in [3.8, 4) is 0 Å². The molecule has 72 valence electrons. The first-order valence-electron chi connectivity index (χ1n) is 4.65. The van der Waals surface area contributed by atoms with Crippen molar-refractivity contribution in [2.45, 2.75) is 6.04 Å².